The summed E-state index contributed by atoms with van der Waals surface area (Å²) < 4.78 is 15.9. The molecule has 0 saturated carbocycles. The van der Waals surface area contributed by atoms with E-state index in [2.05, 4.69) is 15.8 Å². The standard InChI is InChI=1S/C20H16N4O6/c1-28-12-5-4-11-9-24(17(25)13(11)7-12)10-20(18(26)21-19(27)22-20)16-8-14(23-30-16)15-3-2-6-29-15/h2-8H,9-10H2,1H3,(H2,21,22,26,27)/t20-/m0/s1. The van der Waals surface area contributed by atoms with Crippen LogP contribution in [0.15, 0.2) is 51.6 Å². The molecule has 4 amide bonds. The molecule has 0 bridgehead atoms. The van der Waals surface area contributed by atoms with Gasteiger partial charge in [-0.05, 0) is 29.8 Å². The van der Waals surface area contributed by atoms with Crippen molar-refractivity contribution in [3.63, 3.8) is 0 Å². The molecular formula is C20H16N4O6. The molecule has 30 heavy (non-hydrogen) atoms. The minimum absolute atomic E-state index is 0.0959. The summed E-state index contributed by atoms with van der Waals surface area (Å²) in [6.45, 7) is 0.148. The smallest absolute Gasteiger partial charge is 0.322 e. The number of nitrogens with zero attached hydrogens (tertiary/aromatic N) is 2. The van der Waals surface area contributed by atoms with Gasteiger partial charge in [0.25, 0.3) is 11.8 Å². The number of ether oxygens (including phenoxy) is 1. The molecule has 2 aliphatic rings. The van der Waals surface area contributed by atoms with E-state index in [9.17, 15) is 14.4 Å². The number of hydrogen-bond acceptors (Lipinski definition) is 7. The number of urea groups is 1. The van der Waals surface area contributed by atoms with Crippen LogP contribution < -0.4 is 15.4 Å². The SMILES string of the molecule is COc1ccc2c(c1)C(=O)N(C[C@@]1(c3cc(-c4ccco4)no3)NC(=O)NC1=O)C2. The number of carbonyl (C=O) groups is 3. The van der Waals surface area contributed by atoms with E-state index in [0.717, 1.165) is 5.56 Å². The van der Waals surface area contributed by atoms with E-state index in [1.54, 1.807) is 30.3 Å². The number of amides is 4. The quantitative estimate of drug-likeness (QED) is 0.614. The monoisotopic (exact) mass is 408 g/mol. The summed E-state index contributed by atoms with van der Waals surface area (Å²) in [7, 11) is 1.52. The van der Waals surface area contributed by atoms with E-state index in [-0.39, 0.29) is 24.8 Å². The molecule has 2 aliphatic heterocycles. The van der Waals surface area contributed by atoms with E-state index >= 15 is 0 Å². The molecule has 2 N–H and O–H groups in total. The van der Waals surface area contributed by atoms with Crippen LogP contribution in [0.3, 0.4) is 0 Å². The number of nitrogens with one attached hydrogen (secondary N) is 2. The highest BCUT2D eigenvalue weighted by Crippen LogP contribution is 2.34. The van der Waals surface area contributed by atoms with Gasteiger partial charge in [-0.15, -0.1) is 0 Å². The highest BCUT2D eigenvalue weighted by atomic mass is 16.5. The van der Waals surface area contributed by atoms with Gasteiger partial charge in [-0.2, -0.15) is 0 Å². The number of imide groups is 1. The topological polar surface area (TPSA) is 127 Å². The second-order valence-corrected chi connectivity index (χ2v) is 7.05. The van der Waals surface area contributed by atoms with Crippen molar-refractivity contribution in [3.05, 3.63) is 59.5 Å². The fraction of sp³-hybridized carbons (Fsp3) is 0.200. The summed E-state index contributed by atoms with van der Waals surface area (Å²) in [5, 5.41) is 8.77. The van der Waals surface area contributed by atoms with Gasteiger partial charge in [0, 0.05) is 18.2 Å². The van der Waals surface area contributed by atoms with Crippen molar-refractivity contribution in [2.45, 2.75) is 12.1 Å². The summed E-state index contributed by atoms with van der Waals surface area (Å²) in [4.78, 5) is 39.2. The van der Waals surface area contributed by atoms with Gasteiger partial charge < -0.3 is 23.9 Å². The summed E-state index contributed by atoms with van der Waals surface area (Å²) in [5.74, 6) is 0.197. The van der Waals surface area contributed by atoms with Gasteiger partial charge in [0.1, 0.15) is 11.4 Å². The summed E-state index contributed by atoms with van der Waals surface area (Å²) in [6, 6.07) is 9.44. The zero-order chi connectivity index (χ0) is 20.9. The number of methoxy groups -OCH3 is 1. The van der Waals surface area contributed by atoms with Gasteiger partial charge in [0.15, 0.2) is 17.1 Å². The van der Waals surface area contributed by atoms with Gasteiger partial charge in [0.2, 0.25) is 0 Å². The van der Waals surface area contributed by atoms with Crippen molar-refractivity contribution in [2.24, 2.45) is 0 Å². The van der Waals surface area contributed by atoms with Gasteiger partial charge in [-0.1, -0.05) is 11.2 Å². The van der Waals surface area contributed by atoms with E-state index < -0.39 is 17.5 Å². The van der Waals surface area contributed by atoms with Crippen molar-refractivity contribution < 1.29 is 28.1 Å². The summed E-state index contributed by atoms with van der Waals surface area (Å²) >= 11 is 0. The van der Waals surface area contributed by atoms with Crippen LogP contribution in [-0.4, -0.2) is 41.6 Å². The molecule has 0 aliphatic carbocycles. The second-order valence-electron chi connectivity index (χ2n) is 7.05. The molecule has 3 aromatic rings. The van der Waals surface area contributed by atoms with Gasteiger partial charge in [-0.25, -0.2) is 4.79 Å². The van der Waals surface area contributed by atoms with Crippen molar-refractivity contribution in [2.75, 3.05) is 13.7 Å². The number of aromatic nitrogens is 1. The largest absolute Gasteiger partial charge is 0.497 e. The van der Waals surface area contributed by atoms with E-state index in [1.807, 2.05) is 0 Å². The number of benzene rings is 1. The lowest BCUT2D eigenvalue weighted by Gasteiger charge is -2.28. The van der Waals surface area contributed by atoms with Crippen LogP contribution in [0.4, 0.5) is 4.79 Å². The Labute approximate surface area is 169 Å². The number of carbonyl (C=O) groups excluding carboxylic acids is 3. The van der Waals surface area contributed by atoms with Crippen LogP contribution in [-0.2, 0) is 16.9 Å². The van der Waals surface area contributed by atoms with Crippen molar-refractivity contribution in [1.29, 1.82) is 0 Å². The molecule has 0 unspecified atom stereocenters. The van der Waals surface area contributed by atoms with Crippen LogP contribution in [0.1, 0.15) is 21.7 Å². The second kappa shape index (κ2) is 6.48. The van der Waals surface area contributed by atoms with E-state index in [0.29, 0.717) is 22.8 Å². The fourth-order valence-electron chi connectivity index (χ4n) is 3.75. The molecule has 5 rings (SSSR count). The average molecular weight is 408 g/mol. The Morgan fingerprint density at radius 1 is 1.23 bits per heavy atom. The lowest BCUT2D eigenvalue weighted by atomic mass is 9.95. The molecule has 2 aromatic heterocycles. The van der Waals surface area contributed by atoms with Gasteiger partial charge >= 0.3 is 6.03 Å². The predicted octanol–water partition coefficient (Wildman–Crippen LogP) is 1.63. The van der Waals surface area contributed by atoms with Crippen LogP contribution >= 0.6 is 0 Å². The first-order valence-corrected chi connectivity index (χ1v) is 9.11. The zero-order valence-corrected chi connectivity index (χ0v) is 15.8. The first-order chi connectivity index (χ1) is 14.5. The summed E-state index contributed by atoms with van der Waals surface area (Å²) in [5.41, 5.74) is 0.0400. The minimum atomic E-state index is -1.61. The van der Waals surface area contributed by atoms with Crippen molar-refractivity contribution in [1.82, 2.24) is 20.7 Å². The normalized spacial score (nSPS) is 20.3. The number of rotatable bonds is 5. The number of furan rings is 1. The van der Waals surface area contributed by atoms with Crippen LogP contribution in [0.5, 0.6) is 5.75 Å². The van der Waals surface area contributed by atoms with Crippen molar-refractivity contribution >= 4 is 17.8 Å². The molecule has 1 saturated heterocycles. The van der Waals surface area contributed by atoms with Crippen LogP contribution in [0.2, 0.25) is 0 Å². The Morgan fingerprint density at radius 2 is 2.10 bits per heavy atom. The maximum Gasteiger partial charge on any atom is 0.322 e. The molecule has 1 aromatic carbocycles. The Kier molecular flexibility index (Phi) is 3.88. The van der Waals surface area contributed by atoms with Crippen LogP contribution in [0.25, 0.3) is 11.5 Å². The third-order valence-corrected chi connectivity index (χ3v) is 5.27. The molecule has 0 radical (unpaired) electrons. The van der Waals surface area contributed by atoms with Crippen LogP contribution in [0, 0.1) is 0 Å². The highest BCUT2D eigenvalue weighted by molar-refractivity contribution is 6.08. The maximum absolute atomic E-state index is 13.0. The van der Waals surface area contributed by atoms with Crippen molar-refractivity contribution in [3.8, 4) is 17.2 Å². The molecule has 10 heteroatoms. The lowest BCUT2D eigenvalue weighted by Crippen LogP contribution is -2.52. The Bertz CT molecular complexity index is 1170. The number of hydrogen-bond donors (Lipinski definition) is 2. The maximum atomic E-state index is 13.0. The lowest BCUT2D eigenvalue weighted by molar-refractivity contribution is -0.125. The molecule has 1 atom stereocenters. The Morgan fingerprint density at radius 3 is 2.80 bits per heavy atom. The van der Waals surface area contributed by atoms with E-state index in [1.165, 1.54) is 24.3 Å². The zero-order valence-electron chi connectivity index (χ0n) is 15.8. The Hall–Kier alpha value is -4.08. The third kappa shape index (κ3) is 2.65. The van der Waals surface area contributed by atoms with Gasteiger partial charge in [0.05, 0.1) is 19.9 Å². The summed E-state index contributed by atoms with van der Waals surface area (Å²) in [6.07, 6.45) is 1.48. The third-order valence-electron chi connectivity index (χ3n) is 5.27. The first kappa shape index (κ1) is 18.0. The predicted molar refractivity (Wildman–Crippen MR) is 100 cm³/mol. The average Bonchev–Trinajstić information content (AvgIpc) is 3.51. The molecular weight excluding hydrogens is 392 g/mol. The highest BCUT2D eigenvalue weighted by Gasteiger charge is 2.53. The molecule has 0 spiro atoms. The molecule has 1 fully saturated rings. The fourth-order valence-corrected chi connectivity index (χ4v) is 3.75. The molecule has 10 nitrogen and oxygen atoms in total. The minimum Gasteiger partial charge on any atom is -0.497 e. The molecule has 152 valence electrons. The number of fused-ring (bicyclic) bond motifs is 1. The van der Waals surface area contributed by atoms with Gasteiger partial charge in [-0.3, -0.25) is 14.9 Å². The first-order valence-electron chi connectivity index (χ1n) is 9.11. The van der Waals surface area contributed by atoms with E-state index in [4.69, 9.17) is 13.7 Å². The Balaban J connectivity index is 1.50. The molecule has 4 heterocycles.